The highest BCUT2D eigenvalue weighted by molar-refractivity contribution is 5.95. The first-order valence-electron chi connectivity index (χ1n) is 8.68. The Morgan fingerprint density at radius 1 is 1.15 bits per heavy atom. The molecular weight excluding hydrogens is 328 g/mol. The van der Waals surface area contributed by atoms with Gasteiger partial charge in [0.1, 0.15) is 5.75 Å². The lowest BCUT2D eigenvalue weighted by molar-refractivity contribution is 0.0951. The molecule has 5 nitrogen and oxygen atoms in total. The Labute approximate surface area is 151 Å². The maximum Gasteiger partial charge on any atom is 0.263 e. The first-order valence-corrected chi connectivity index (χ1v) is 8.68. The van der Waals surface area contributed by atoms with Crippen molar-refractivity contribution in [1.29, 1.82) is 0 Å². The van der Waals surface area contributed by atoms with E-state index in [9.17, 15) is 9.59 Å². The number of ether oxygens (including phenoxy) is 1. The van der Waals surface area contributed by atoms with Gasteiger partial charge in [0.25, 0.3) is 11.5 Å². The van der Waals surface area contributed by atoms with Gasteiger partial charge < -0.3 is 10.1 Å². The molecule has 1 aliphatic carbocycles. The third kappa shape index (κ3) is 2.96. The van der Waals surface area contributed by atoms with Crippen molar-refractivity contribution in [1.82, 2.24) is 9.88 Å². The minimum absolute atomic E-state index is 0.0933. The molecule has 1 aliphatic rings. The number of aryl methyl sites for hydroxylation is 1. The van der Waals surface area contributed by atoms with Crippen LogP contribution in [0.3, 0.4) is 0 Å². The number of rotatable bonds is 4. The van der Waals surface area contributed by atoms with E-state index < -0.39 is 0 Å². The molecule has 0 spiro atoms. The highest BCUT2D eigenvalue weighted by Gasteiger charge is 2.24. The molecule has 26 heavy (non-hydrogen) atoms. The van der Waals surface area contributed by atoms with Crippen LogP contribution in [0, 0.1) is 6.92 Å². The number of benzene rings is 2. The highest BCUT2D eigenvalue weighted by Crippen LogP contribution is 2.22. The molecular formula is C21H20N2O3. The topological polar surface area (TPSA) is 60.3 Å². The number of amides is 1. The van der Waals surface area contributed by atoms with Crippen molar-refractivity contribution < 1.29 is 9.53 Å². The van der Waals surface area contributed by atoms with Crippen LogP contribution >= 0.6 is 0 Å². The summed E-state index contributed by atoms with van der Waals surface area (Å²) in [5, 5.41) is 4.42. The zero-order valence-corrected chi connectivity index (χ0v) is 14.8. The maximum absolute atomic E-state index is 13.0. The van der Waals surface area contributed by atoms with Gasteiger partial charge in [-0.25, -0.2) is 0 Å². The first kappa shape index (κ1) is 16.4. The monoisotopic (exact) mass is 348 g/mol. The summed E-state index contributed by atoms with van der Waals surface area (Å²) in [6, 6.07) is 13.1. The van der Waals surface area contributed by atoms with E-state index in [1.165, 1.54) is 0 Å². The van der Waals surface area contributed by atoms with Gasteiger partial charge in [-0.15, -0.1) is 0 Å². The molecule has 1 fully saturated rings. The second-order valence-corrected chi connectivity index (χ2v) is 6.69. The number of nitrogens with one attached hydrogen (secondary N) is 1. The molecule has 0 saturated heterocycles. The fraction of sp³-hybridized carbons (Fsp3) is 0.238. The lowest BCUT2D eigenvalue weighted by Crippen LogP contribution is -2.26. The Bertz CT molecular complexity index is 1060. The average Bonchev–Trinajstić information content (AvgIpc) is 3.46. The van der Waals surface area contributed by atoms with E-state index in [1.807, 2.05) is 31.2 Å². The largest absolute Gasteiger partial charge is 0.497 e. The Kier molecular flexibility index (Phi) is 3.99. The number of carbonyl (C=O) groups is 1. The number of carbonyl (C=O) groups excluding carboxylic acids is 1. The summed E-state index contributed by atoms with van der Waals surface area (Å²) in [6.07, 6.45) is 3.83. The zero-order valence-electron chi connectivity index (χ0n) is 14.8. The van der Waals surface area contributed by atoms with Gasteiger partial charge in [-0.2, -0.15) is 0 Å². The number of nitrogens with zero attached hydrogens (tertiary/aromatic N) is 1. The van der Waals surface area contributed by atoms with Gasteiger partial charge in [0.2, 0.25) is 0 Å². The summed E-state index contributed by atoms with van der Waals surface area (Å²) in [6.45, 7) is 1.93. The van der Waals surface area contributed by atoms with E-state index in [2.05, 4.69) is 5.32 Å². The highest BCUT2D eigenvalue weighted by atomic mass is 16.5. The Balaban J connectivity index is 1.82. The van der Waals surface area contributed by atoms with Crippen molar-refractivity contribution in [3.63, 3.8) is 0 Å². The van der Waals surface area contributed by atoms with Gasteiger partial charge >= 0.3 is 0 Å². The van der Waals surface area contributed by atoms with Crippen molar-refractivity contribution in [2.75, 3.05) is 7.11 Å². The number of methoxy groups -OCH3 is 1. The van der Waals surface area contributed by atoms with Crippen LogP contribution in [0.25, 0.3) is 16.5 Å². The van der Waals surface area contributed by atoms with Gasteiger partial charge in [-0.1, -0.05) is 12.1 Å². The minimum atomic E-state index is -0.135. The average molecular weight is 348 g/mol. The maximum atomic E-state index is 13.0. The summed E-state index contributed by atoms with van der Waals surface area (Å²) in [4.78, 5) is 25.4. The SMILES string of the molecule is COc1ccc2ccn(-c3cc(C(=O)NC4CC4)ccc3C)c(=O)c2c1. The van der Waals surface area contributed by atoms with Gasteiger partial charge in [-0.3, -0.25) is 14.2 Å². The molecule has 1 saturated carbocycles. The Morgan fingerprint density at radius 2 is 1.96 bits per heavy atom. The summed E-state index contributed by atoms with van der Waals surface area (Å²) in [7, 11) is 1.58. The lowest BCUT2D eigenvalue weighted by atomic mass is 10.1. The molecule has 2 aromatic carbocycles. The number of hydrogen-bond donors (Lipinski definition) is 1. The lowest BCUT2D eigenvalue weighted by Gasteiger charge is -2.13. The van der Waals surface area contributed by atoms with Crippen LogP contribution in [0.15, 0.2) is 53.5 Å². The predicted octanol–water partition coefficient (Wildman–Crippen LogP) is 3.20. The van der Waals surface area contributed by atoms with Crippen molar-refractivity contribution in [3.8, 4) is 11.4 Å². The fourth-order valence-corrected chi connectivity index (χ4v) is 3.04. The second-order valence-electron chi connectivity index (χ2n) is 6.69. The summed E-state index contributed by atoms with van der Waals surface area (Å²) < 4.78 is 6.83. The zero-order chi connectivity index (χ0) is 18.3. The Hall–Kier alpha value is -3.08. The molecule has 1 heterocycles. The third-order valence-corrected chi connectivity index (χ3v) is 4.76. The summed E-state index contributed by atoms with van der Waals surface area (Å²) in [5.74, 6) is 0.547. The van der Waals surface area contributed by atoms with Crippen molar-refractivity contribution in [3.05, 3.63) is 70.1 Å². The Morgan fingerprint density at radius 3 is 2.69 bits per heavy atom. The van der Waals surface area contributed by atoms with Crippen LogP contribution in [0.4, 0.5) is 0 Å². The van der Waals surface area contributed by atoms with E-state index in [0.717, 1.165) is 23.8 Å². The molecule has 3 aromatic rings. The summed E-state index contributed by atoms with van der Waals surface area (Å²) in [5.41, 5.74) is 2.07. The molecule has 0 aliphatic heterocycles. The molecule has 0 bridgehead atoms. The molecule has 1 amide bonds. The molecule has 1 N–H and O–H groups in total. The standard InChI is InChI=1S/C21H20N2O3/c1-13-3-4-15(20(24)22-16-6-7-16)11-19(13)23-10-9-14-5-8-17(26-2)12-18(14)21(23)25/h3-5,8-12,16H,6-7H2,1-2H3,(H,22,24). The van der Waals surface area contributed by atoms with Crippen molar-refractivity contribution in [2.45, 2.75) is 25.8 Å². The molecule has 0 atom stereocenters. The van der Waals surface area contributed by atoms with Crippen LogP contribution in [0.1, 0.15) is 28.8 Å². The molecule has 4 rings (SSSR count). The first-order chi connectivity index (χ1) is 12.6. The number of aromatic nitrogens is 1. The normalized spacial score (nSPS) is 13.6. The number of fused-ring (bicyclic) bond motifs is 1. The van der Waals surface area contributed by atoms with Crippen molar-refractivity contribution in [2.24, 2.45) is 0 Å². The van der Waals surface area contributed by atoms with Gasteiger partial charge in [0, 0.05) is 17.8 Å². The van der Waals surface area contributed by atoms with Crippen LogP contribution in [-0.2, 0) is 0 Å². The van der Waals surface area contributed by atoms with Crippen LogP contribution in [-0.4, -0.2) is 23.6 Å². The smallest absolute Gasteiger partial charge is 0.263 e. The molecule has 0 radical (unpaired) electrons. The van der Waals surface area contributed by atoms with Gasteiger partial charge in [0.15, 0.2) is 0 Å². The quantitative estimate of drug-likeness (QED) is 0.788. The molecule has 1 aromatic heterocycles. The van der Waals surface area contributed by atoms with E-state index in [-0.39, 0.29) is 11.5 Å². The van der Waals surface area contributed by atoms with E-state index in [4.69, 9.17) is 4.74 Å². The van der Waals surface area contributed by atoms with Crippen molar-refractivity contribution >= 4 is 16.7 Å². The van der Waals surface area contributed by atoms with E-state index in [1.54, 1.807) is 36.1 Å². The van der Waals surface area contributed by atoms with Crippen LogP contribution < -0.4 is 15.6 Å². The predicted molar refractivity (Wildman–Crippen MR) is 101 cm³/mol. The fourth-order valence-electron chi connectivity index (χ4n) is 3.04. The second kappa shape index (κ2) is 6.33. The molecule has 0 unspecified atom stereocenters. The summed E-state index contributed by atoms with van der Waals surface area (Å²) >= 11 is 0. The van der Waals surface area contributed by atoms with Crippen LogP contribution in [0.5, 0.6) is 5.75 Å². The third-order valence-electron chi connectivity index (χ3n) is 4.76. The van der Waals surface area contributed by atoms with Gasteiger partial charge in [-0.05, 0) is 61.0 Å². The number of pyridine rings is 1. The van der Waals surface area contributed by atoms with Crippen LogP contribution in [0.2, 0.25) is 0 Å². The minimum Gasteiger partial charge on any atom is -0.497 e. The van der Waals surface area contributed by atoms with Gasteiger partial charge in [0.05, 0.1) is 18.2 Å². The molecule has 132 valence electrons. The van der Waals surface area contributed by atoms with E-state index in [0.29, 0.717) is 28.4 Å². The van der Waals surface area contributed by atoms with E-state index >= 15 is 0 Å². The number of hydrogen-bond acceptors (Lipinski definition) is 3. The molecule has 5 heteroatoms.